The zero-order chi connectivity index (χ0) is 21.6. The van der Waals surface area contributed by atoms with Gasteiger partial charge in [0, 0.05) is 31.7 Å². The van der Waals surface area contributed by atoms with Gasteiger partial charge in [-0.05, 0) is 20.0 Å². The number of carbonyl (C=O) groups excluding carboxylic acids is 1. The van der Waals surface area contributed by atoms with Gasteiger partial charge in [0.15, 0.2) is 17.0 Å². The molecule has 1 aromatic carbocycles. The van der Waals surface area contributed by atoms with Gasteiger partial charge in [-0.15, -0.1) is 0 Å². The molecule has 6 nitrogen and oxygen atoms in total. The number of carbonyl (C=O) groups is 1. The molecule has 0 spiro atoms. The van der Waals surface area contributed by atoms with E-state index in [1.165, 1.54) is 0 Å². The van der Waals surface area contributed by atoms with Gasteiger partial charge in [0.2, 0.25) is 0 Å². The van der Waals surface area contributed by atoms with Gasteiger partial charge in [0.05, 0.1) is 5.69 Å². The van der Waals surface area contributed by atoms with Gasteiger partial charge in [-0.2, -0.15) is 18.3 Å². The monoisotopic (exact) mass is 437 g/mol. The molecule has 0 atom stereocenters. The number of nitrogens with zero attached hydrogens (tertiary/aromatic N) is 5. The summed E-state index contributed by atoms with van der Waals surface area (Å²) in [5.74, 6) is -0.497. The van der Waals surface area contributed by atoms with E-state index in [-0.39, 0.29) is 22.1 Å². The van der Waals surface area contributed by atoms with Gasteiger partial charge < -0.3 is 9.80 Å². The Balaban J connectivity index is 1.84. The van der Waals surface area contributed by atoms with Crippen LogP contribution in [0, 0.1) is 6.92 Å². The van der Waals surface area contributed by atoms with Gasteiger partial charge in [-0.3, -0.25) is 4.79 Å². The quantitative estimate of drug-likeness (QED) is 0.612. The summed E-state index contributed by atoms with van der Waals surface area (Å²) >= 11 is 6.34. The minimum atomic E-state index is -4.70. The van der Waals surface area contributed by atoms with E-state index in [1.807, 2.05) is 14.0 Å². The fraction of sp³-hybridized carbons (Fsp3) is 0.350. The molecular formula is C20H19ClF3N5O. The maximum atomic E-state index is 13.8. The van der Waals surface area contributed by atoms with Crippen molar-refractivity contribution in [3.63, 3.8) is 0 Å². The lowest BCUT2D eigenvalue weighted by molar-refractivity contribution is -0.142. The molecule has 1 aliphatic heterocycles. The van der Waals surface area contributed by atoms with Gasteiger partial charge in [0.25, 0.3) is 5.91 Å². The maximum Gasteiger partial charge on any atom is 0.433 e. The number of halogens is 4. The normalized spacial score (nSPS) is 15.7. The van der Waals surface area contributed by atoms with Crippen LogP contribution in [0.5, 0.6) is 0 Å². The lowest BCUT2D eigenvalue weighted by Crippen LogP contribution is -2.47. The molecule has 30 heavy (non-hydrogen) atoms. The van der Waals surface area contributed by atoms with Crippen molar-refractivity contribution in [2.45, 2.75) is 13.1 Å². The number of aryl methyl sites for hydroxylation is 1. The molecule has 0 saturated carbocycles. The Hall–Kier alpha value is -2.65. The van der Waals surface area contributed by atoms with Crippen molar-refractivity contribution < 1.29 is 18.0 Å². The molecule has 158 valence electrons. The van der Waals surface area contributed by atoms with Gasteiger partial charge in [-0.1, -0.05) is 41.4 Å². The van der Waals surface area contributed by atoms with E-state index in [9.17, 15) is 18.0 Å². The Morgan fingerprint density at radius 1 is 1.10 bits per heavy atom. The molecule has 1 amide bonds. The molecule has 2 aromatic heterocycles. The molecule has 0 aliphatic carbocycles. The number of hydrogen-bond acceptors (Lipinski definition) is 4. The van der Waals surface area contributed by atoms with Crippen LogP contribution < -0.4 is 0 Å². The summed E-state index contributed by atoms with van der Waals surface area (Å²) in [6.07, 6.45) is -4.70. The number of fused-ring (bicyclic) bond motifs is 1. The van der Waals surface area contributed by atoms with Crippen molar-refractivity contribution in [2.75, 3.05) is 33.2 Å². The molecule has 1 aliphatic rings. The van der Waals surface area contributed by atoms with Crippen molar-refractivity contribution in [3.05, 3.63) is 52.3 Å². The maximum absolute atomic E-state index is 13.8. The molecule has 0 unspecified atom stereocenters. The third-order valence-electron chi connectivity index (χ3n) is 5.16. The second-order valence-electron chi connectivity index (χ2n) is 7.38. The van der Waals surface area contributed by atoms with Gasteiger partial charge in [0.1, 0.15) is 5.02 Å². The Morgan fingerprint density at radius 3 is 2.33 bits per heavy atom. The summed E-state index contributed by atoms with van der Waals surface area (Å²) < 4.78 is 42.0. The Kier molecular flexibility index (Phi) is 5.19. The van der Waals surface area contributed by atoms with E-state index in [2.05, 4.69) is 15.0 Å². The summed E-state index contributed by atoms with van der Waals surface area (Å²) in [4.78, 5) is 20.8. The number of piperazine rings is 1. The highest BCUT2D eigenvalue weighted by atomic mass is 35.5. The highest BCUT2D eigenvalue weighted by molar-refractivity contribution is 6.36. The standard InChI is InChI=1S/C20H19ClF3N5O/c1-12-3-5-13(6-4-12)14-11-15(20(22,23)24)29-18(25-14)16(21)17(26-29)19(30)28-9-7-27(2)8-10-28/h3-6,11H,7-10H2,1-2H3. The van der Waals surface area contributed by atoms with Crippen LogP contribution >= 0.6 is 11.6 Å². The molecule has 0 radical (unpaired) electrons. The van der Waals surface area contributed by atoms with Crippen molar-refractivity contribution in [1.82, 2.24) is 24.4 Å². The SMILES string of the molecule is Cc1ccc(-c2cc(C(F)(F)F)n3nc(C(=O)N4CCN(C)CC4)c(Cl)c3n2)cc1. The highest BCUT2D eigenvalue weighted by Gasteiger charge is 2.37. The second-order valence-corrected chi connectivity index (χ2v) is 7.76. The van der Waals surface area contributed by atoms with Crippen molar-refractivity contribution in [3.8, 4) is 11.3 Å². The Morgan fingerprint density at radius 2 is 1.73 bits per heavy atom. The average Bonchev–Trinajstić information content (AvgIpc) is 3.04. The van der Waals surface area contributed by atoms with E-state index < -0.39 is 17.8 Å². The highest BCUT2D eigenvalue weighted by Crippen LogP contribution is 2.34. The first-order valence-electron chi connectivity index (χ1n) is 9.36. The van der Waals surface area contributed by atoms with E-state index in [0.717, 1.165) is 11.6 Å². The third kappa shape index (κ3) is 3.75. The molecule has 1 saturated heterocycles. The fourth-order valence-corrected chi connectivity index (χ4v) is 3.60. The van der Waals surface area contributed by atoms with Crippen LogP contribution in [-0.2, 0) is 6.18 Å². The minimum Gasteiger partial charge on any atom is -0.335 e. The zero-order valence-electron chi connectivity index (χ0n) is 16.4. The smallest absolute Gasteiger partial charge is 0.335 e. The molecule has 10 heteroatoms. The molecular weight excluding hydrogens is 419 g/mol. The molecule has 3 aromatic rings. The minimum absolute atomic E-state index is 0.107. The molecule has 0 N–H and O–H groups in total. The predicted octanol–water partition coefficient (Wildman–Crippen LogP) is 3.76. The first-order chi connectivity index (χ1) is 14.1. The summed E-state index contributed by atoms with van der Waals surface area (Å²) in [6.45, 7) is 4.12. The van der Waals surface area contributed by atoms with Crippen LogP contribution in [0.25, 0.3) is 16.9 Å². The largest absolute Gasteiger partial charge is 0.433 e. The number of likely N-dealkylation sites (N-methyl/N-ethyl adjacent to an activating group) is 1. The first-order valence-corrected chi connectivity index (χ1v) is 9.74. The number of hydrogen-bond donors (Lipinski definition) is 0. The summed E-state index contributed by atoms with van der Waals surface area (Å²) in [6, 6.07) is 7.87. The van der Waals surface area contributed by atoms with Crippen molar-refractivity contribution in [2.24, 2.45) is 0 Å². The average molecular weight is 438 g/mol. The van der Waals surface area contributed by atoms with Crippen LogP contribution in [0.2, 0.25) is 5.02 Å². The van der Waals surface area contributed by atoms with Crippen LogP contribution in [0.1, 0.15) is 21.7 Å². The number of amides is 1. The fourth-order valence-electron chi connectivity index (χ4n) is 3.36. The second kappa shape index (κ2) is 7.55. The van der Waals surface area contributed by atoms with Crippen LogP contribution in [-0.4, -0.2) is 63.5 Å². The summed E-state index contributed by atoms with van der Waals surface area (Å²) in [7, 11) is 1.94. The van der Waals surface area contributed by atoms with Gasteiger partial charge >= 0.3 is 6.18 Å². The van der Waals surface area contributed by atoms with Crippen LogP contribution in [0.15, 0.2) is 30.3 Å². The van der Waals surface area contributed by atoms with E-state index in [1.54, 1.807) is 29.2 Å². The lowest BCUT2D eigenvalue weighted by Gasteiger charge is -2.31. The topological polar surface area (TPSA) is 53.7 Å². The van der Waals surface area contributed by atoms with E-state index in [0.29, 0.717) is 36.3 Å². The van der Waals surface area contributed by atoms with Gasteiger partial charge in [-0.25, -0.2) is 9.50 Å². The summed E-state index contributed by atoms with van der Waals surface area (Å²) in [5, 5.41) is 3.74. The molecule has 3 heterocycles. The number of aromatic nitrogens is 3. The van der Waals surface area contributed by atoms with Crippen molar-refractivity contribution in [1.29, 1.82) is 0 Å². The van der Waals surface area contributed by atoms with Crippen LogP contribution in [0.3, 0.4) is 0 Å². The zero-order valence-corrected chi connectivity index (χ0v) is 17.1. The molecule has 1 fully saturated rings. The Bertz CT molecular complexity index is 1100. The van der Waals surface area contributed by atoms with E-state index in [4.69, 9.17) is 11.6 Å². The summed E-state index contributed by atoms with van der Waals surface area (Å²) in [5.41, 5.74) is 0.133. The third-order valence-corrected chi connectivity index (χ3v) is 5.51. The first kappa shape index (κ1) is 20.6. The molecule has 0 bridgehead atoms. The van der Waals surface area contributed by atoms with E-state index >= 15 is 0 Å². The molecule has 4 rings (SSSR count). The van der Waals surface area contributed by atoms with Crippen molar-refractivity contribution >= 4 is 23.2 Å². The Labute approximate surface area is 175 Å². The van der Waals surface area contributed by atoms with Crippen LogP contribution in [0.4, 0.5) is 13.2 Å². The number of benzene rings is 1. The number of alkyl halides is 3. The number of rotatable bonds is 2. The predicted molar refractivity (Wildman–Crippen MR) is 107 cm³/mol. The lowest BCUT2D eigenvalue weighted by atomic mass is 10.1.